The number of para-hydroxylation sites is 1. The number of fused-ring (bicyclic) bond motifs is 3. The summed E-state index contributed by atoms with van der Waals surface area (Å²) in [5.74, 6) is 0.478. The lowest BCUT2D eigenvalue weighted by Gasteiger charge is -2.15. The van der Waals surface area contributed by atoms with Crippen LogP contribution < -0.4 is 16.4 Å². The average molecular weight is 503 g/mol. The number of nitrogens with zero attached hydrogens (tertiary/aromatic N) is 5. The van der Waals surface area contributed by atoms with E-state index in [0.717, 1.165) is 70.1 Å². The van der Waals surface area contributed by atoms with Crippen molar-refractivity contribution in [3.63, 3.8) is 0 Å². The van der Waals surface area contributed by atoms with Gasteiger partial charge in [-0.1, -0.05) is 29.5 Å². The third kappa shape index (κ3) is 4.82. The SMILES string of the molecule is Cc1ccccc1-n1nc(-c2ccc(N)nc2)c2c1-c1sc(NC(=O)NCCCN(C)C)nc1CC2. The van der Waals surface area contributed by atoms with E-state index in [0.29, 0.717) is 17.5 Å². The lowest BCUT2D eigenvalue weighted by molar-refractivity contribution is 0.251. The molecule has 0 bridgehead atoms. The molecule has 1 aromatic carbocycles. The van der Waals surface area contributed by atoms with E-state index in [1.54, 1.807) is 12.3 Å². The summed E-state index contributed by atoms with van der Waals surface area (Å²) in [7, 11) is 4.04. The van der Waals surface area contributed by atoms with E-state index in [2.05, 4.69) is 39.6 Å². The predicted molar refractivity (Wildman–Crippen MR) is 145 cm³/mol. The summed E-state index contributed by atoms with van der Waals surface area (Å²) in [6.07, 6.45) is 4.24. The molecule has 0 unspecified atom stereocenters. The highest BCUT2D eigenvalue weighted by atomic mass is 32.1. The Morgan fingerprint density at radius 2 is 2.03 bits per heavy atom. The number of pyridine rings is 1. The van der Waals surface area contributed by atoms with Crippen molar-refractivity contribution >= 4 is 28.3 Å². The Balaban J connectivity index is 1.50. The van der Waals surface area contributed by atoms with E-state index >= 15 is 0 Å². The molecule has 3 heterocycles. The fraction of sp³-hybridized carbons (Fsp3) is 0.308. The number of thiazole rings is 1. The number of hydrogen-bond donors (Lipinski definition) is 3. The van der Waals surface area contributed by atoms with E-state index in [1.165, 1.54) is 11.3 Å². The summed E-state index contributed by atoms with van der Waals surface area (Å²) in [5, 5.41) is 11.5. The Hall–Kier alpha value is -3.76. The molecular weight excluding hydrogens is 472 g/mol. The molecule has 4 N–H and O–H groups in total. The van der Waals surface area contributed by atoms with Crippen LogP contribution in [-0.4, -0.2) is 57.9 Å². The Bertz CT molecular complexity index is 1390. The van der Waals surface area contributed by atoms with Crippen LogP contribution in [0.25, 0.3) is 27.5 Å². The maximum absolute atomic E-state index is 12.5. The van der Waals surface area contributed by atoms with Gasteiger partial charge in [-0.15, -0.1) is 0 Å². The molecule has 36 heavy (non-hydrogen) atoms. The number of nitrogen functional groups attached to an aromatic ring is 1. The van der Waals surface area contributed by atoms with E-state index < -0.39 is 0 Å². The minimum Gasteiger partial charge on any atom is -0.384 e. The van der Waals surface area contributed by atoms with E-state index in [1.807, 2.05) is 37.0 Å². The lowest BCUT2D eigenvalue weighted by atomic mass is 9.95. The van der Waals surface area contributed by atoms with Crippen molar-refractivity contribution in [2.75, 3.05) is 38.2 Å². The van der Waals surface area contributed by atoms with Gasteiger partial charge in [0.2, 0.25) is 0 Å². The molecule has 5 rings (SSSR count). The third-order valence-corrected chi connectivity index (χ3v) is 7.22. The van der Waals surface area contributed by atoms with Gasteiger partial charge in [0.25, 0.3) is 0 Å². The first kappa shape index (κ1) is 24.0. The standard InChI is InChI=1S/C26H30N8OS/c1-16-7-4-5-8-20(16)34-23-18(22(32-34)17-9-12-21(27)29-15-17)10-11-19-24(23)36-26(30-19)31-25(35)28-13-6-14-33(2)3/h4-5,7-9,12,15H,6,10-11,13-14H2,1-3H3,(H2,27,29)(H2,28,30,31,35). The van der Waals surface area contributed by atoms with Crippen molar-refractivity contribution in [3.8, 4) is 27.5 Å². The number of urea groups is 1. The molecule has 0 spiro atoms. The van der Waals surface area contributed by atoms with Gasteiger partial charge >= 0.3 is 6.03 Å². The fourth-order valence-electron chi connectivity index (χ4n) is 4.41. The van der Waals surface area contributed by atoms with Crippen LogP contribution in [0.5, 0.6) is 0 Å². The van der Waals surface area contributed by atoms with Crippen LogP contribution in [0.3, 0.4) is 0 Å². The van der Waals surface area contributed by atoms with E-state index in [4.69, 9.17) is 15.8 Å². The number of hydrogen-bond acceptors (Lipinski definition) is 7. The van der Waals surface area contributed by atoms with Crippen molar-refractivity contribution in [3.05, 3.63) is 59.4 Å². The van der Waals surface area contributed by atoms with Crippen LogP contribution in [0, 0.1) is 6.92 Å². The Morgan fingerprint density at radius 1 is 1.19 bits per heavy atom. The third-order valence-electron chi connectivity index (χ3n) is 6.20. The molecule has 4 aromatic rings. The zero-order valence-corrected chi connectivity index (χ0v) is 21.5. The topological polar surface area (TPSA) is 114 Å². The second-order valence-corrected chi connectivity index (χ2v) is 10.2. The number of carbonyl (C=O) groups is 1. The smallest absolute Gasteiger partial charge is 0.321 e. The molecule has 1 aliphatic carbocycles. The van der Waals surface area contributed by atoms with Gasteiger partial charge in [-0.05, 0) is 70.6 Å². The highest BCUT2D eigenvalue weighted by Gasteiger charge is 2.30. The number of aryl methyl sites for hydroxylation is 2. The van der Waals surface area contributed by atoms with Crippen LogP contribution in [0.4, 0.5) is 15.7 Å². The first-order valence-electron chi connectivity index (χ1n) is 12.0. The Labute approximate surface area is 214 Å². The van der Waals surface area contributed by atoms with Gasteiger partial charge in [0, 0.05) is 23.9 Å². The zero-order valence-electron chi connectivity index (χ0n) is 20.7. The minimum atomic E-state index is -0.235. The number of aromatic nitrogens is 4. The van der Waals surface area contributed by atoms with Gasteiger partial charge in [-0.2, -0.15) is 5.10 Å². The average Bonchev–Trinajstić information content (AvgIpc) is 3.43. The summed E-state index contributed by atoms with van der Waals surface area (Å²) in [6.45, 7) is 3.61. The summed E-state index contributed by atoms with van der Waals surface area (Å²) in [4.78, 5) is 24.6. The first-order chi connectivity index (χ1) is 17.4. The van der Waals surface area contributed by atoms with Crippen LogP contribution in [-0.2, 0) is 12.8 Å². The Kier molecular flexibility index (Phi) is 6.71. The van der Waals surface area contributed by atoms with Crippen molar-refractivity contribution in [1.82, 2.24) is 30.0 Å². The van der Waals surface area contributed by atoms with Gasteiger partial charge in [-0.3, -0.25) is 5.32 Å². The number of anilines is 2. The highest BCUT2D eigenvalue weighted by molar-refractivity contribution is 7.19. The van der Waals surface area contributed by atoms with Gasteiger partial charge in [0.05, 0.1) is 27.6 Å². The van der Waals surface area contributed by atoms with Crippen LogP contribution in [0.2, 0.25) is 0 Å². The van der Waals surface area contributed by atoms with E-state index in [-0.39, 0.29) is 6.03 Å². The second-order valence-electron chi connectivity index (χ2n) is 9.18. The molecule has 2 amide bonds. The maximum Gasteiger partial charge on any atom is 0.321 e. The summed E-state index contributed by atoms with van der Waals surface area (Å²) < 4.78 is 2.01. The van der Waals surface area contributed by atoms with Crippen molar-refractivity contribution < 1.29 is 4.79 Å². The zero-order chi connectivity index (χ0) is 25.2. The quantitative estimate of drug-likeness (QED) is 0.328. The van der Waals surface area contributed by atoms with Crippen LogP contribution in [0.1, 0.15) is 23.2 Å². The summed E-state index contributed by atoms with van der Waals surface area (Å²) in [5.41, 5.74) is 12.9. The van der Waals surface area contributed by atoms with Crippen LogP contribution in [0.15, 0.2) is 42.6 Å². The molecule has 0 saturated heterocycles. The summed E-state index contributed by atoms with van der Waals surface area (Å²) >= 11 is 1.49. The monoisotopic (exact) mass is 502 g/mol. The van der Waals surface area contributed by atoms with Gasteiger partial charge < -0.3 is 16.0 Å². The molecule has 10 heteroatoms. The predicted octanol–water partition coefficient (Wildman–Crippen LogP) is 4.12. The molecule has 0 atom stereocenters. The molecular formula is C26H30N8OS. The normalized spacial score (nSPS) is 12.3. The summed E-state index contributed by atoms with van der Waals surface area (Å²) in [6, 6.07) is 11.7. The highest BCUT2D eigenvalue weighted by Crippen LogP contribution is 2.44. The van der Waals surface area contributed by atoms with Crippen LogP contribution >= 0.6 is 11.3 Å². The fourth-order valence-corrected chi connectivity index (χ4v) is 5.48. The van der Waals surface area contributed by atoms with Gasteiger partial charge in [0.1, 0.15) is 5.82 Å². The largest absolute Gasteiger partial charge is 0.384 e. The molecule has 186 valence electrons. The number of nitrogens with one attached hydrogen (secondary N) is 2. The number of carbonyl (C=O) groups excluding carboxylic acids is 1. The number of nitrogens with two attached hydrogens (primary N) is 1. The number of benzene rings is 1. The number of rotatable bonds is 7. The Morgan fingerprint density at radius 3 is 2.78 bits per heavy atom. The second kappa shape index (κ2) is 10.1. The number of amides is 2. The minimum absolute atomic E-state index is 0.235. The lowest BCUT2D eigenvalue weighted by Crippen LogP contribution is -2.31. The molecule has 3 aromatic heterocycles. The van der Waals surface area contributed by atoms with Crippen molar-refractivity contribution in [1.29, 1.82) is 0 Å². The van der Waals surface area contributed by atoms with Crippen molar-refractivity contribution in [2.45, 2.75) is 26.2 Å². The molecule has 9 nitrogen and oxygen atoms in total. The van der Waals surface area contributed by atoms with Crippen molar-refractivity contribution in [2.24, 2.45) is 0 Å². The molecule has 0 aliphatic heterocycles. The maximum atomic E-state index is 12.5. The van der Waals surface area contributed by atoms with E-state index in [9.17, 15) is 4.79 Å². The first-order valence-corrected chi connectivity index (χ1v) is 12.8. The van der Waals surface area contributed by atoms with Gasteiger partial charge in [0.15, 0.2) is 5.13 Å². The molecule has 0 radical (unpaired) electrons. The molecule has 0 fully saturated rings. The molecule has 1 aliphatic rings. The van der Waals surface area contributed by atoms with Gasteiger partial charge in [-0.25, -0.2) is 19.4 Å². The molecule has 0 saturated carbocycles.